The van der Waals surface area contributed by atoms with E-state index in [1.54, 1.807) is 6.07 Å². The summed E-state index contributed by atoms with van der Waals surface area (Å²) in [5, 5.41) is 13.3. The highest BCUT2D eigenvalue weighted by Crippen LogP contribution is 2.29. The molecule has 0 aliphatic heterocycles. The van der Waals surface area contributed by atoms with Crippen LogP contribution < -0.4 is 11.1 Å². The van der Waals surface area contributed by atoms with Crippen molar-refractivity contribution in [1.29, 1.82) is 0 Å². The van der Waals surface area contributed by atoms with Crippen LogP contribution in [0.3, 0.4) is 0 Å². The van der Waals surface area contributed by atoms with Crippen LogP contribution in [-0.2, 0) is 0 Å². The predicted octanol–water partition coefficient (Wildman–Crippen LogP) is 4.27. The molecule has 29 heavy (non-hydrogen) atoms. The zero-order chi connectivity index (χ0) is 20.4. The molecule has 1 fully saturated rings. The molecule has 4 N–H and O–H groups in total. The van der Waals surface area contributed by atoms with E-state index in [-0.39, 0.29) is 12.1 Å². The van der Waals surface area contributed by atoms with Crippen molar-refractivity contribution in [3.05, 3.63) is 71.9 Å². The largest absolute Gasteiger partial charge is 0.393 e. The summed E-state index contributed by atoms with van der Waals surface area (Å²) in [4.78, 5) is 12.0. The second-order valence-electron chi connectivity index (χ2n) is 7.88. The molecule has 0 spiro atoms. The number of aliphatic hydroxyl groups is 1. The van der Waals surface area contributed by atoms with Gasteiger partial charge in [-0.3, -0.25) is 4.79 Å². The number of anilines is 1. The van der Waals surface area contributed by atoms with Crippen molar-refractivity contribution in [2.75, 3.05) is 5.32 Å². The molecule has 150 valence electrons. The molecule has 1 saturated carbocycles. The van der Waals surface area contributed by atoms with Crippen LogP contribution in [0.2, 0.25) is 0 Å². The minimum absolute atomic E-state index is 0.216. The third-order valence-electron chi connectivity index (χ3n) is 5.67. The molecule has 1 heterocycles. The van der Waals surface area contributed by atoms with Crippen LogP contribution >= 0.6 is 0 Å². The van der Waals surface area contributed by atoms with E-state index in [4.69, 9.17) is 5.73 Å². The van der Waals surface area contributed by atoms with Gasteiger partial charge in [0.2, 0.25) is 0 Å². The Labute approximate surface area is 171 Å². The normalized spacial score (nSPS) is 19.1. The van der Waals surface area contributed by atoms with Crippen LogP contribution in [0.25, 0.3) is 16.9 Å². The lowest BCUT2D eigenvalue weighted by molar-refractivity contribution is 0.100. The van der Waals surface area contributed by atoms with Gasteiger partial charge in [-0.1, -0.05) is 23.8 Å². The first-order chi connectivity index (χ1) is 14.0. The molecule has 1 aliphatic rings. The van der Waals surface area contributed by atoms with E-state index in [0.717, 1.165) is 48.3 Å². The highest BCUT2D eigenvalue weighted by atomic mass is 16.3. The van der Waals surface area contributed by atoms with Crippen molar-refractivity contribution in [2.45, 2.75) is 44.8 Å². The van der Waals surface area contributed by atoms with Gasteiger partial charge in [0.1, 0.15) is 0 Å². The zero-order valence-electron chi connectivity index (χ0n) is 16.6. The number of aryl methyl sites for hydroxylation is 1. The van der Waals surface area contributed by atoms with Crippen LogP contribution in [0, 0.1) is 6.92 Å². The molecular weight excluding hydrogens is 362 g/mol. The number of aromatic nitrogens is 1. The van der Waals surface area contributed by atoms with Gasteiger partial charge < -0.3 is 20.7 Å². The van der Waals surface area contributed by atoms with Crippen molar-refractivity contribution < 1.29 is 9.90 Å². The lowest BCUT2D eigenvalue weighted by atomic mass is 9.92. The molecular formula is C24H27N3O2. The van der Waals surface area contributed by atoms with Crippen molar-refractivity contribution in [2.24, 2.45) is 5.73 Å². The molecule has 0 saturated heterocycles. The summed E-state index contributed by atoms with van der Waals surface area (Å²) in [7, 11) is 0. The molecule has 2 aromatic carbocycles. The standard InChI is InChI=1S/C24H27N3O2/c1-16-4-2-5-17(14-16)23-6-3-13-27(23)19-9-12-21(24(25)29)22(15-19)26-18-7-10-20(28)11-8-18/h2-6,9,12-15,18,20,26,28H,7-8,10-11H2,1H3,(H2,25,29). The number of nitrogens with zero attached hydrogens (tertiary/aromatic N) is 1. The topological polar surface area (TPSA) is 80.3 Å². The Hall–Kier alpha value is -3.05. The fourth-order valence-electron chi connectivity index (χ4n) is 4.10. The van der Waals surface area contributed by atoms with Gasteiger partial charge in [-0.05, 0) is 74.6 Å². The number of rotatable bonds is 5. The Kier molecular flexibility index (Phi) is 5.41. The first-order valence-electron chi connectivity index (χ1n) is 10.1. The average Bonchev–Trinajstić information content (AvgIpc) is 3.19. The minimum atomic E-state index is -0.443. The maximum Gasteiger partial charge on any atom is 0.250 e. The Morgan fingerprint density at radius 2 is 1.86 bits per heavy atom. The molecule has 5 heteroatoms. The first kappa shape index (κ1) is 19.3. The highest BCUT2D eigenvalue weighted by Gasteiger charge is 2.21. The predicted molar refractivity (Wildman–Crippen MR) is 116 cm³/mol. The summed E-state index contributed by atoms with van der Waals surface area (Å²) in [6.45, 7) is 2.08. The maximum atomic E-state index is 12.0. The van der Waals surface area contributed by atoms with E-state index in [1.807, 2.05) is 24.4 Å². The molecule has 0 unspecified atom stereocenters. The molecule has 3 aromatic rings. The van der Waals surface area contributed by atoms with Gasteiger partial charge in [-0.15, -0.1) is 0 Å². The Balaban J connectivity index is 1.69. The van der Waals surface area contributed by atoms with E-state index in [0.29, 0.717) is 5.56 Å². The van der Waals surface area contributed by atoms with Gasteiger partial charge in [0.15, 0.2) is 0 Å². The van der Waals surface area contributed by atoms with Crippen molar-refractivity contribution in [3.8, 4) is 16.9 Å². The number of nitrogens with one attached hydrogen (secondary N) is 1. The third-order valence-corrected chi connectivity index (χ3v) is 5.67. The summed E-state index contributed by atoms with van der Waals surface area (Å²) in [5.41, 5.74) is 11.3. The lowest BCUT2D eigenvalue weighted by Gasteiger charge is -2.28. The molecule has 1 aromatic heterocycles. The molecule has 1 aliphatic carbocycles. The SMILES string of the molecule is Cc1cccc(-c2cccn2-c2ccc(C(N)=O)c(NC3CCC(O)CC3)c2)c1. The number of aliphatic hydroxyl groups excluding tert-OH is 1. The summed E-state index contributed by atoms with van der Waals surface area (Å²) in [6, 6.07) is 18.5. The van der Waals surface area contributed by atoms with E-state index >= 15 is 0 Å². The second kappa shape index (κ2) is 8.13. The maximum absolute atomic E-state index is 12.0. The number of primary amides is 1. The number of nitrogens with two attached hydrogens (primary N) is 1. The Bertz CT molecular complexity index is 1020. The quantitative estimate of drug-likeness (QED) is 0.610. The summed E-state index contributed by atoms with van der Waals surface area (Å²) >= 11 is 0. The van der Waals surface area contributed by atoms with Crippen LogP contribution in [0.15, 0.2) is 60.8 Å². The van der Waals surface area contributed by atoms with Gasteiger partial charge in [-0.25, -0.2) is 0 Å². The fourth-order valence-corrected chi connectivity index (χ4v) is 4.10. The van der Waals surface area contributed by atoms with Gasteiger partial charge in [0.05, 0.1) is 17.4 Å². The smallest absolute Gasteiger partial charge is 0.250 e. The van der Waals surface area contributed by atoms with Gasteiger partial charge in [0, 0.05) is 23.6 Å². The number of hydrogen-bond acceptors (Lipinski definition) is 3. The summed E-state index contributed by atoms with van der Waals surface area (Å²) in [6.07, 6.45) is 5.12. The summed E-state index contributed by atoms with van der Waals surface area (Å²) in [5.74, 6) is -0.443. The number of carbonyl (C=O) groups excluding carboxylic acids is 1. The third kappa shape index (κ3) is 4.20. The number of amides is 1. The molecule has 5 nitrogen and oxygen atoms in total. The molecule has 0 radical (unpaired) electrons. The first-order valence-corrected chi connectivity index (χ1v) is 10.1. The number of hydrogen-bond donors (Lipinski definition) is 3. The van der Waals surface area contributed by atoms with Gasteiger partial charge >= 0.3 is 0 Å². The van der Waals surface area contributed by atoms with Crippen molar-refractivity contribution in [3.63, 3.8) is 0 Å². The van der Waals surface area contributed by atoms with Gasteiger partial charge in [-0.2, -0.15) is 0 Å². The van der Waals surface area contributed by atoms with E-state index < -0.39 is 5.91 Å². The van der Waals surface area contributed by atoms with E-state index in [2.05, 4.69) is 47.1 Å². The van der Waals surface area contributed by atoms with Crippen LogP contribution in [-0.4, -0.2) is 27.7 Å². The van der Waals surface area contributed by atoms with Crippen LogP contribution in [0.1, 0.15) is 41.6 Å². The van der Waals surface area contributed by atoms with E-state index in [9.17, 15) is 9.90 Å². The molecule has 4 rings (SSSR count). The van der Waals surface area contributed by atoms with Crippen LogP contribution in [0.5, 0.6) is 0 Å². The fraction of sp³-hybridized carbons (Fsp3) is 0.292. The molecule has 0 bridgehead atoms. The minimum Gasteiger partial charge on any atom is -0.393 e. The Morgan fingerprint density at radius 1 is 1.07 bits per heavy atom. The number of benzene rings is 2. The van der Waals surface area contributed by atoms with E-state index in [1.165, 1.54) is 5.56 Å². The zero-order valence-corrected chi connectivity index (χ0v) is 16.6. The van der Waals surface area contributed by atoms with Crippen molar-refractivity contribution in [1.82, 2.24) is 4.57 Å². The highest BCUT2D eigenvalue weighted by molar-refractivity contribution is 5.99. The van der Waals surface area contributed by atoms with Crippen molar-refractivity contribution >= 4 is 11.6 Å². The molecule has 0 atom stereocenters. The number of carbonyl (C=O) groups is 1. The second-order valence-corrected chi connectivity index (χ2v) is 7.88. The average molecular weight is 389 g/mol. The lowest BCUT2D eigenvalue weighted by Crippen LogP contribution is -2.29. The summed E-state index contributed by atoms with van der Waals surface area (Å²) < 4.78 is 2.12. The monoisotopic (exact) mass is 389 g/mol. The van der Waals surface area contributed by atoms with Gasteiger partial charge in [0.25, 0.3) is 5.91 Å². The molecule has 1 amide bonds. The van der Waals surface area contributed by atoms with Crippen LogP contribution in [0.4, 0.5) is 5.69 Å². The Morgan fingerprint density at radius 3 is 2.59 bits per heavy atom.